The molecule has 1 atom stereocenters. The molecule has 0 fully saturated rings. The lowest BCUT2D eigenvalue weighted by atomic mass is 9.69. The highest BCUT2D eigenvalue weighted by atomic mass is 14.5. The van der Waals surface area contributed by atoms with Gasteiger partial charge in [0.05, 0.1) is 5.41 Å². The van der Waals surface area contributed by atoms with Gasteiger partial charge < -0.3 is 0 Å². The van der Waals surface area contributed by atoms with Gasteiger partial charge in [-0.2, -0.15) is 0 Å². The summed E-state index contributed by atoms with van der Waals surface area (Å²) >= 11 is 0. The Morgan fingerprint density at radius 2 is 1.51 bits per heavy atom. The minimum atomic E-state index is -0.305. The van der Waals surface area contributed by atoms with Gasteiger partial charge in [0, 0.05) is 0 Å². The van der Waals surface area contributed by atoms with Crippen LogP contribution < -0.4 is 0 Å². The summed E-state index contributed by atoms with van der Waals surface area (Å²) in [6.45, 7) is 2.23. The first-order chi connectivity index (χ1) is 18.3. The Balaban J connectivity index is 1.52. The number of allylic oxidation sites excluding steroid dienone is 7. The lowest BCUT2D eigenvalue weighted by molar-refractivity contribution is 0.791. The zero-order chi connectivity index (χ0) is 24.6. The zero-order valence-electron chi connectivity index (χ0n) is 21.1. The topological polar surface area (TPSA) is 0 Å². The molecule has 0 saturated carbocycles. The van der Waals surface area contributed by atoms with Crippen molar-refractivity contribution in [2.24, 2.45) is 0 Å². The number of hydrogen-bond acceptors (Lipinski definition) is 0. The maximum atomic E-state index is 2.50. The van der Waals surface area contributed by atoms with Crippen molar-refractivity contribution >= 4 is 11.6 Å². The van der Waals surface area contributed by atoms with Crippen molar-refractivity contribution < 1.29 is 0 Å². The van der Waals surface area contributed by atoms with Gasteiger partial charge in [-0.15, -0.1) is 0 Å². The molecule has 4 aromatic rings. The Bertz CT molecular complexity index is 1750. The monoisotopic (exact) mass is 472 g/mol. The van der Waals surface area contributed by atoms with Gasteiger partial charge in [0.15, 0.2) is 0 Å². The molecule has 0 radical (unpaired) electrons. The summed E-state index contributed by atoms with van der Waals surface area (Å²) in [6.07, 6.45) is 19.2. The Labute approximate surface area is 219 Å². The third-order valence-electron chi connectivity index (χ3n) is 8.81. The highest BCUT2D eigenvalue weighted by Crippen LogP contribution is 2.64. The van der Waals surface area contributed by atoms with Crippen LogP contribution in [-0.2, 0) is 11.8 Å². The summed E-state index contributed by atoms with van der Waals surface area (Å²) < 4.78 is 0. The van der Waals surface area contributed by atoms with E-state index in [0.29, 0.717) is 0 Å². The van der Waals surface area contributed by atoms with Crippen molar-refractivity contribution in [2.45, 2.75) is 31.6 Å². The second-order valence-electron chi connectivity index (χ2n) is 10.8. The van der Waals surface area contributed by atoms with Gasteiger partial charge in [0.25, 0.3) is 0 Å². The van der Waals surface area contributed by atoms with Crippen molar-refractivity contribution in [2.75, 3.05) is 0 Å². The molecule has 4 aliphatic rings. The van der Waals surface area contributed by atoms with E-state index >= 15 is 0 Å². The minimum Gasteiger partial charge on any atom is -0.0836 e. The number of rotatable bonds is 1. The van der Waals surface area contributed by atoms with Gasteiger partial charge in [-0.05, 0) is 99.0 Å². The van der Waals surface area contributed by atoms with Crippen LogP contribution in [0.1, 0.15) is 57.3 Å². The molecule has 4 aromatic carbocycles. The van der Waals surface area contributed by atoms with Crippen molar-refractivity contribution in [3.8, 4) is 22.3 Å². The largest absolute Gasteiger partial charge is 0.0836 e. The average molecular weight is 473 g/mol. The Kier molecular flexibility index (Phi) is 4.35. The molecule has 176 valence electrons. The third-order valence-corrected chi connectivity index (χ3v) is 8.81. The van der Waals surface area contributed by atoms with Gasteiger partial charge in [0.2, 0.25) is 0 Å². The molecule has 4 aliphatic carbocycles. The number of hydrogen-bond donors (Lipinski definition) is 0. The summed E-state index contributed by atoms with van der Waals surface area (Å²) in [5.74, 6) is 0. The Morgan fingerprint density at radius 3 is 2.41 bits per heavy atom. The molecule has 0 saturated heterocycles. The molecule has 37 heavy (non-hydrogen) atoms. The third kappa shape index (κ3) is 2.73. The van der Waals surface area contributed by atoms with E-state index in [1.54, 1.807) is 0 Å². The fraction of sp³-hybridized carbons (Fsp3) is 0.135. The molecular formula is C37H28. The SMILES string of the molecule is Cc1ccc2c(c1)C1(c3cc(C4=CCCC=C4)ccc3-2)c2ccccc2-c2c1ccc1c2C=CC=CC1. The zero-order valence-corrected chi connectivity index (χ0v) is 21.1. The first-order valence-electron chi connectivity index (χ1n) is 13.5. The maximum Gasteiger partial charge on any atom is 0.0726 e. The van der Waals surface area contributed by atoms with Crippen LogP contribution in [-0.4, -0.2) is 0 Å². The molecule has 0 N–H and O–H groups in total. The van der Waals surface area contributed by atoms with Crippen molar-refractivity contribution in [3.05, 3.63) is 154 Å². The minimum absolute atomic E-state index is 0.305. The Morgan fingerprint density at radius 1 is 0.649 bits per heavy atom. The summed E-state index contributed by atoms with van der Waals surface area (Å²) in [5.41, 5.74) is 17.7. The van der Waals surface area contributed by atoms with Crippen molar-refractivity contribution in [3.63, 3.8) is 0 Å². The molecule has 8 rings (SSSR count). The molecular weight excluding hydrogens is 444 g/mol. The molecule has 1 unspecified atom stereocenters. The number of benzene rings is 4. The van der Waals surface area contributed by atoms with Crippen LogP contribution in [0.5, 0.6) is 0 Å². The predicted molar refractivity (Wildman–Crippen MR) is 156 cm³/mol. The predicted octanol–water partition coefficient (Wildman–Crippen LogP) is 9.20. The molecule has 0 aromatic heterocycles. The van der Waals surface area contributed by atoms with Crippen molar-refractivity contribution in [1.82, 2.24) is 0 Å². The van der Waals surface area contributed by atoms with Crippen molar-refractivity contribution in [1.29, 1.82) is 0 Å². The van der Waals surface area contributed by atoms with E-state index in [1.807, 2.05) is 0 Å². The van der Waals surface area contributed by atoms with E-state index in [-0.39, 0.29) is 5.41 Å². The maximum absolute atomic E-state index is 2.50. The van der Waals surface area contributed by atoms with Crippen LogP contribution in [0.4, 0.5) is 0 Å². The van der Waals surface area contributed by atoms with Crippen LogP contribution >= 0.6 is 0 Å². The van der Waals surface area contributed by atoms with Crippen LogP contribution in [0.3, 0.4) is 0 Å². The summed E-state index contributed by atoms with van der Waals surface area (Å²) in [7, 11) is 0. The second-order valence-corrected chi connectivity index (χ2v) is 10.8. The highest BCUT2D eigenvalue weighted by Gasteiger charge is 2.52. The van der Waals surface area contributed by atoms with Crippen LogP contribution in [0.2, 0.25) is 0 Å². The molecule has 0 heteroatoms. The van der Waals surface area contributed by atoms with E-state index in [0.717, 1.165) is 19.3 Å². The van der Waals surface area contributed by atoms with Gasteiger partial charge in [-0.1, -0.05) is 115 Å². The average Bonchev–Trinajstić information content (AvgIpc) is 3.26. The molecule has 0 amide bonds. The van der Waals surface area contributed by atoms with Gasteiger partial charge in [-0.3, -0.25) is 0 Å². The van der Waals surface area contributed by atoms with E-state index in [4.69, 9.17) is 0 Å². The van der Waals surface area contributed by atoms with Crippen LogP contribution in [0, 0.1) is 6.92 Å². The lowest BCUT2D eigenvalue weighted by Gasteiger charge is -2.31. The second kappa shape index (κ2) is 7.67. The molecule has 1 spiro atoms. The van der Waals surface area contributed by atoms with E-state index in [1.165, 1.54) is 72.3 Å². The van der Waals surface area contributed by atoms with Gasteiger partial charge >= 0.3 is 0 Å². The summed E-state index contributed by atoms with van der Waals surface area (Å²) in [4.78, 5) is 0. The number of aryl methyl sites for hydroxylation is 1. The first kappa shape index (κ1) is 21.0. The molecule has 0 nitrogen and oxygen atoms in total. The summed E-state index contributed by atoms with van der Waals surface area (Å²) in [6, 6.07) is 28.3. The van der Waals surface area contributed by atoms with Gasteiger partial charge in [0.1, 0.15) is 0 Å². The fourth-order valence-electron chi connectivity index (χ4n) is 7.26. The molecule has 0 aliphatic heterocycles. The quantitative estimate of drug-likeness (QED) is 0.224. The Hall–Kier alpha value is -4.16. The highest BCUT2D eigenvalue weighted by molar-refractivity contribution is 5.98. The molecule has 0 bridgehead atoms. The number of fused-ring (bicyclic) bond motifs is 12. The lowest BCUT2D eigenvalue weighted by Crippen LogP contribution is -2.26. The van der Waals surface area contributed by atoms with E-state index in [2.05, 4.69) is 122 Å². The van der Waals surface area contributed by atoms with Crippen LogP contribution in [0.25, 0.3) is 33.9 Å². The van der Waals surface area contributed by atoms with Gasteiger partial charge in [-0.25, -0.2) is 0 Å². The normalized spacial score (nSPS) is 19.6. The summed E-state index contributed by atoms with van der Waals surface area (Å²) in [5, 5.41) is 0. The van der Waals surface area contributed by atoms with E-state index in [9.17, 15) is 0 Å². The first-order valence-corrected chi connectivity index (χ1v) is 13.5. The van der Waals surface area contributed by atoms with E-state index < -0.39 is 0 Å². The standard InChI is InChI=1S/C37H28/c1-24-16-19-29-30-20-17-27(25-10-4-2-5-11-25)23-35(30)37(34(29)22-24)32-15-9-8-14-31(32)36-28-13-7-3-6-12-26(28)18-21-33(36)37/h3-4,6-11,13-23H,2,5,12H2,1H3. The fourth-order valence-corrected chi connectivity index (χ4v) is 7.26. The smallest absolute Gasteiger partial charge is 0.0726 e. The molecule has 0 heterocycles. The van der Waals surface area contributed by atoms with Crippen LogP contribution in [0.15, 0.2) is 109 Å².